The maximum absolute atomic E-state index is 13.7. The number of rotatable bonds is 8. The van der Waals surface area contributed by atoms with Crippen molar-refractivity contribution >= 4 is 11.8 Å². The van der Waals surface area contributed by atoms with E-state index in [1.807, 2.05) is 52.0 Å². The van der Waals surface area contributed by atoms with Crippen LogP contribution in [0, 0.1) is 0 Å². The monoisotopic (exact) mass is 578 g/mol. The summed E-state index contributed by atoms with van der Waals surface area (Å²) in [6.07, 6.45) is 3.54. The number of hydrogen-bond acceptors (Lipinski definition) is 4. The van der Waals surface area contributed by atoms with E-state index in [-0.39, 0.29) is 47.9 Å². The van der Waals surface area contributed by atoms with Gasteiger partial charge in [-0.05, 0) is 70.2 Å². The molecule has 1 fully saturated rings. The Kier molecular flexibility index (Phi) is 10.1. The lowest BCUT2D eigenvalue weighted by Crippen LogP contribution is -2.53. The number of aliphatic hydroxyl groups excluding tert-OH is 2. The fraction of sp³-hybridized carbons (Fsp3) is 0.611. The van der Waals surface area contributed by atoms with Gasteiger partial charge in [0.1, 0.15) is 0 Å². The quantitative estimate of drug-likeness (QED) is 0.296. The third-order valence-electron chi connectivity index (χ3n) is 8.87. The molecule has 0 aliphatic heterocycles. The molecular weight excluding hydrogens is 524 g/mol. The molecule has 2 aromatic rings. The Morgan fingerprint density at radius 1 is 0.595 bits per heavy atom. The highest BCUT2D eigenvalue weighted by Crippen LogP contribution is 2.32. The van der Waals surface area contributed by atoms with Gasteiger partial charge in [-0.15, -0.1) is 0 Å². The highest BCUT2D eigenvalue weighted by atomic mass is 16.3. The molecule has 0 bridgehead atoms. The molecule has 3 rings (SSSR count). The lowest BCUT2D eigenvalue weighted by Gasteiger charge is -2.33. The minimum Gasteiger partial charge on any atom is -0.395 e. The molecule has 0 heterocycles. The third kappa shape index (κ3) is 8.02. The minimum atomic E-state index is -0.483. The molecule has 0 unspecified atom stereocenters. The van der Waals surface area contributed by atoms with Crippen molar-refractivity contribution in [1.29, 1.82) is 0 Å². The maximum atomic E-state index is 13.7. The summed E-state index contributed by atoms with van der Waals surface area (Å²) in [5.74, 6) is -0.326. The summed E-state index contributed by atoms with van der Waals surface area (Å²) in [4.78, 5) is 27.4. The van der Waals surface area contributed by atoms with Crippen molar-refractivity contribution in [2.75, 3.05) is 13.2 Å². The summed E-state index contributed by atoms with van der Waals surface area (Å²) in [6, 6.07) is 11.5. The third-order valence-corrected chi connectivity index (χ3v) is 8.87. The zero-order valence-electron chi connectivity index (χ0n) is 27.6. The van der Waals surface area contributed by atoms with E-state index < -0.39 is 10.8 Å². The molecule has 6 heteroatoms. The number of hydrogen-bond donors (Lipinski definition) is 4. The summed E-state index contributed by atoms with van der Waals surface area (Å²) in [5.41, 5.74) is 3.79. The van der Waals surface area contributed by atoms with Crippen molar-refractivity contribution in [3.8, 4) is 0 Å². The predicted molar refractivity (Wildman–Crippen MR) is 171 cm³/mol. The average molecular weight is 579 g/mol. The molecule has 1 saturated carbocycles. The second-order valence-electron chi connectivity index (χ2n) is 15.6. The van der Waals surface area contributed by atoms with Crippen LogP contribution in [0.1, 0.15) is 138 Å². The molecule has 2 aromatic carbocycles. The van der Waals surface area contributed by atoms with Crippen LogP contribution in [0.3, 0.4) is 0 Å². The first kappa shape index (κ1) is 33.8. The zero-order chi connectivity index (χ0) is 31.7. The van der Waals surface area contributed by atoms with Crippen LogP contribution in [0.15, 0.2) is 36.4 Å². The number of carbonyl (C=O) groups excluding carboxylic acids is 2. The lowest BCUT2D eigenvalue weighted by atomic mass is 9.78. The molecule has 232 valence electrons. The second kappa shape index (κ2) is 12.5. The molecule has 2 atom stereocenters. The molecule has 42 heavy (non-hydrogen) atoms. The van der Waals surface area contributed by atoms with Crippen LogP contribution in [0.25, 0.3) is 0 Å². The van der Waals surface area contributed by atoms with E-state index in [9.17, 15) is 19.8 Å². The first-order valence-corrected chi connectivity index (χ1v) is 15.4. The first-order chi connectivity index (χ1) is 19.3. The van der Waals surface area contributed by atoms with E-state index >= 15 is 0 Å². The average Bonchev–Trinajstić information content (AvgIpc) is 2.92. The van der Waals surface area contributed by atoms with Crippen LogP contribution in [0.4, 0.5) is 0 Å². The SMILES string of the molecule is CC(C)(C)c1cc(C(=O)N[C@@H]2CCCC[C@H]2NC(=O)c2cc(C(C)(C)C)cc(C(C)(C)CO)c2)cc(C(C)(C)CO)c1. The number of amides is 2. The predicted octanol–water partition coefficient (Wildman–Crippen LogP) is 6.29. The fourth-order valence-corrected chi connectivity index (χ4v) is 5.33. The van der Waals surface area contributed by atoms with E-state index in [4.69, 9.17) is 0 Å². The van der Waals surface area contributed by atoms with Gasteiger partial charge in [-0.3, -0.25) is 9.59 Å². The van der Waals surface area contributed by atoms with E-state index in [0.29, 0.717) is 11.1 Å². The number of aliphatic hydroxyl groups is 2. The van der Waals surface area contributed by atoms with Crippen molar-refractivity contribution in [2.45, 2.75) is 129 Å². The highest BCUT2D eigenvalue weighted by Gasteiger charge is 2.31. The minimum absolute atomic E-state index is 0.0218. The van der Waals surface area contributed by atoms with E-state index in [1.165, 1.54) is 0 Å². The smallest absolute Gasteiger partial charge is 0.251 e. The molecule has 0 aromatic heterocycles. The number of benzene rings is 2. The summed E-state index contributed by atoms with van der Waals surface area (Å²) in [6.45, 7) is 20.6. The Balaban J connectivity index is 1.89. The summed E-state index contributed by atoms with van der Waals surface area (Å²) < 4.78 is 0. The second-order valence-corrected chi connectivity index (χ2v) is 15.6. The van der Waals surface area contributed by atoms with Gasteiger partial charge in [-0.25, -0.2) is 0 Å². The molecule has 6 nitrogen and oxygen atoms in total. The Hall–Kier alpha value is -2.70. The van der Waals surface area contributed by atoms with Crippen LogP contribution >= 0.6 is 0 Å². The normalized spacial score (nSPS) is 18.5. The first-order valence-electron chi connectivity index (χ1n) is 15.4. The van der Waals surface area contributed by atoms with Gasteiger partial charge >= 0.3 is 0 Å². The number of nitrogens with one attached hydrogen (secondary N) is 2. The Bertz CT molecular complexity index is 1180. The van der Waals surface area contributed by atoms with Crippen molar-refractivity contribution in [2.24, 2.45) is 0 Å². The fourth-order valence-electron chi connectivity index (χ4n) is 5.33. The van der Waals surface area contributed by atoms with Gasteiger partial charge in [0.05, 0.1) is 13.2 Å². The Morgan fingerprint density at radius 2 is 0.905 bits per heavy atom. The molecule has 2 amide bonds. The van der Waals surface area contributed by atoms with Crippen LogP contribution in [-0.2, 0) is 21.7 Å². The Morgan fingerprint density at radius 3 is 1.19 bits per heavy atom. The molecule has 0 radical (unpaired) electrons. The van der Waals surface area contributed by atoms with Crippen molar-refractivity contribution in [3.63, 3.8) is 0 Å². The molecule has 0 spiro atoms. The van der Waals surface area contributed by atoms with Gasteiger partial charge in [0.25, 0.3) is 11.8 Å². The van der Waals surface area contributed by atoms with E-state index in [0.717, 1.165) is 47.9 Å². The molecule has 1 aliphatic rings. The van der Waals surface area contributed by atoms with Crippen molar-refractivity contribution in [3.05, 3.63) is 69.8 Å². The largest absolute Gasteiger partial charge is 0.395 e. The zero-order valence-corrected chi connectivity index (χ0v) is 27.6. The molecular formula is C36H54N2O4. The number of carbonyl (C=O) groups is 2. The molecule has 4 N–H and O–H groups in total. The summed E-state index contributed by atoms with van der Waals surface area (Å²) >= 11 is 0. The van der Waals surface area contributed by atoms with Gasteiger partial charge in [0, 0.05) is 34.0 Å². The lowest BCUT2D eigenvalue weighted by molar-refractivity contribution is 0.0862. The van der Waals surface area contributed by atoms with E-state index in [2.05, 4.69) is 64.3 Å². The van der Waals surface area contributed by atoms with Gasteiger partial charge in [0.2, 0.25) is 0 Å². The van der Waals surface area contributed by atoms with Crippen LogP contribution in [0.5, 0.6) is 0 Å². The van der Waals surface area contributed by atoms with Crippen molar-refractivity contribution < 1.29 is 19.8 Å². The molecule has 1 aliphatic carbocycles. The topological polar surface area (TPSA) is 98.7 Å². The molecule has 0 saturated heterocycles. The van der Waals surface area contributed by atoms with Gasteiger partial charge < -0.3 is 20.8 Å². The van der Waals surface area contributed by atoms with Crippen LogP contribution in [0.2, 0.25) is 0 Å². The van der Waals surface area contributed by atoms with E-state index in [1.54, 1.807) is 0 Å². The van der Waals surface area contributed by atoms with Gasteiger partial charge in [-0.1, -0.05) is 94.2 Å². The van der Waals surface area contributed by atoms with Crippen LogP contribution in [-0.4, -0.2) is 47.3 Å². The summed E-state index contributed by atoms with van der Waals surface area (Å²) in [5, 5.41) is 26.6. The van der Waals surface area contributed by atoms with Crippen molar-refractivity contribution in [1.82, 2.24) is 10.6 Å². The highest BCUT2D eigenvalue weighted by molar-refractivity contribution is 5.96. The van der Waals surface area contributed by atoms with Gasteiger partial charge in [-0.2, -0.15) is 0 Å². The maximum Gasteiger partial charge on any atom is 0.251 e. The summed E-state index contributed by atoms with van der Waals surface area (Å²) in [7, 11) is 0. The Labute approximate surface area is 253 Å². The van der Waals surface area contributed by atoms with Gasteiger partial charge in [0.15, 0.2) is 0 Å². The standard InChI is InChI=1S/C36H54N2O4/c1-33(2,3)25-15-23(17-27(19-25)35(7,8)21-39)31(41)37-29-13-11-12-14-30(29)38-32(42)24-16-26(34(4,5)6)20-28(18-24)36(9,10)22-40/h15-20,29-30,39-40H,11-14,21-22H2,1-10H3,(H,37,41)(H,38,42)/t29-,30-/m1/s1. The van der Waals surface area contributed by atoms with Crippen LogP contribution < -0.4 is 10.6 Å².